The summed E-state index contributed by atoms with van der Waals surface area (Å²) in [5.41, 5.74) is 6.40. The van der Waals surface area contributed by atoms with Gasteiger partial charge in [0.05, 0.1) is 18.5 Å². The van der Waals surface area contributed by atoms with E-state index in [1.807, 2.05) is 0 Å². The number of ether oxygens (including phenoxy) is 1. The molecule has 2 rings (SSSR count). The van der Waals surface area contributed by atoms with E-state index in [9.17, 15) is 9.59 Å². The Bertz CT molecular complexity index is 495. The second-order valence-corrected chi connectivity index (χ2v) is 4.91. The van der Waals surface area contributed by atoms with Gasteiger partial charge in [-0.2, -0.15) is 0 Å². The SMILES string of the molecule is CCOC(=O)N1CCC(NC(=O)c2ccc(N)cn2)CC1. The fourth-order valence-corrected chi connectivity index (χ4v) is 2.22. The minimum atomic E-state index is -0.289. The molecule has 7 nitrogen and oxygen atoms in total. The van der Waals surface area contributed by atoms with Crippen molar-refractivity contribution in [3.05, 3.63) is 24.0 Å². The molecule has 0 bridgehead atoms. The number of nitrogens with two attached hydrogens (primary N) is 1. The van der Waals surface area contributed by atoms with Crippen LogP contribution in [0.5, 0.6) is 0 Å². The average molecular weight is 292 g/mol. The number of likely N-dealkylation sites (tertiary alicyclic amines) is 1. The fraction of sp³-hybridized carbons (Fsp3) is 0.500. The van der Waals surface area contributed by atoms with Crippen molar-refractivity contribution >= 4 is 17.7 Å². The molecule has 0 radical (unpaired) electrons. The Morgan fingerprint density at radius 1 is 1.43 bits per heavy atom. The first kappa shape index (κ1) is 15.1. The first-order valence-corrected chi connectivity index (χ1v) is 7.04. The van der Waals surface area contributed by atoms with Gasteiger partial charge in [0.1, 0.15) is 5.69 Å². The molecule has 1 saturated heterocycles. The first-order valence-electron chi connectivity index (χ1n) is 7.04. The summed E-state index contributed by atoms with van der Waals surface area (Å²) in [5, 5.41) is 2.93. The normalized spacial score (nSPS) is 15.6. The van der Waals surface area contributed by atoms with Crippen LogP contribution in [-0.2, 0) is 4.74 Å². The molecule has 0 aromatic carbocycles. The van der Waals surface area contributed by atoms with Crippen LogP contribution in [0, 0.1) is 0 Å². The van der Waals surface area contributed by atoms with E-state index >= 15 is 0 Å². The Labute approximate surface area is 123 Å². The molecule has 0 unspecified atom stereocenters. The van der Waals surface area contributed by atoms with Crippen molar-refractivity contribution in [3.63, 3.8) is 0 Å². The molecule has 0 saturated carbocycles. The molecule has 1 aliphatic heterocycles. The molecular formula is C14H20N4O3. The van der Waals surface area contributed by atoms with Crippen LogP contribution >= 0.6 is 0 Å². The van der Waals surface area contributed by atoms with Gasteiger partial charge in [-0.3, -0.25) is 4.79 Å². The first-order chi connectivity index (χ1) is 10.1. The Morgan fingerprint density at radius 2 is 2.14 bits per heavy atom. The minimum absolute atomic E-state index is 0.0440. The summed E-state index contributed by atoms with van der Waals surface area (Å²) < 4.78 is 4.96. The fourth-order valence-electron chi connectivity index (χ4n) is 2.22. The summed E-state index contributed by atoms with van der Waals surface area (Å²) >= 11 is 0. The van der Waals surface area contributed by atoms with Crippen molar-refractivity contribution in [3.8, 4) is 0 Å². The second kappa shape index (κ2) is 6.92. The van der Waals surface area contributed by atoms with E-state index in [-0.39, 0.29) is 18.0 Å². The molecule has 7 heteroatoms. The topological polar surface area (TPSA) is 97.5 Å². The van der Waals surface area contributed by atoms with E-state index in [1.165, 1.54) is 6.20 Å². The van der Waals surface area contributed by atoms with Crippen molar-refractivity contribution < 1.29 is 14.3 Å². The van der Waals surface area contributed by atoms with E-state index in [0.29, 0.717) is 43.9 Å². The smallest absolute Gasteiger partial charge is 0.409 e. The maximum absolute atomic E-state index is 12.0. The molecule has 21 heavy (non-hydrogen) atoms. The van der Waals surface area contributed by atoms with Crippen molar-refractivity contribution in [1.29, 1.82) is 0 Å². The number of rotatable bonds is 3. The third-order valence-corrected chi connectivity index (χ3v) is 3.38. The summed E-state index contributed by atoms with van der Waals surface area (Å²) in [6.07, 6.45) is 2.58. The molecule has 1 aromatic rings. The Balaban J connectivity index is 1.82. The van der Waals surface area contributed by atoms with Gasteiger partial charge in [0, 0.05) is 19.1 Å². The van der Waals surface area contributed by atoms with Gasteiger partial charge in [-0.1, -0.05) is 0 Å². The molecule has 1 fully saturated rings. The van der Waals surface area contributed by atoms with Crippen molar-refractivity contribution in [2.75, 3.05) is 25.4 Å². The summed E-state index contributed by atoms with van der Waals surface area (Å²) in [6.45, 7) is 3.32. The largest absolute Gasteiger partial charge is 0.450 e. The highest BCUT2D eigenvalue weighted by Crippen LogP contribution is 2.12. The van der Waals surface area contributed by atoms with Crippen molar-refractivity contribution in [2.24, 2.45) is 0 Å². The number of carbonyl (C=O) groups is 2. The molecular weight excluding hydrogens is 272 g/mol. The monoisotopic (exact) mass is 292 g/mol. The van der Waals surface area contributed by atoms with Gasteiger partial charge in [0.25, 0.3) is 5.91 Å². The number of nitrogens with zero attached hydrogens (tertiary/aromatic N) is 2. The molecule has 0 atom stereocenters. The summed E-state index contributed by atoms with van der Waals surface area (Å²) in [4.78, 5) is 29.2. The van der Waals surface area contributed by atoms with E-state index in [2.05, 4.69) is 10.3 Å². The standard InChI is InChI=1S/C14H20N4O3/c1-2-21-14(20)18-7-5-11(6-8-18)17-13(19)12-4-3-10(15)9-16-12/h3-4,9,11H,2,5-8,15H2,1H3,(H,17,19). The molecule has 3 N–H and O–H groups in total. The van der Waals surface area contributed by atoms with Crippen LogP contribution in [0.25, 0.3) is 0 Å². The van der Waals surface area contributed by atoms with Crippen LogP contribution in [0.4, 0.5) is 10.5 Å². The van der Waals surface area contributed by atoms with Crippen LogP contribution in [0.2, 0.25) is 0 Å². The number of piperidine rings is 1. The average Bonchev–Trinajstić information content (AvgIpc) is 2.49. The molecule has 0 aliphatic carbocycles. The minimum Gasteiger partial charge on any atom is -0.450 e. The van der Waals surface area contributed by atoms with Gasteiger partial charge in [-0.15, -0.1) is 0 Å². The van der Waals surface area contributed by atoms with Gasteiger partial charge >= 0.3 is 6.09 Å². The molecule has 0 spiro atoms. The predicted octanol–water partition coefficient (Wildman–Crippen LogP) is 1.01. The van der Waals surface area contributed by atoms with Gasteiger partial charge < -0.3 is 20.7 Å². The number of hydrogen-bond acceptors (Lipinski definition) is 5. The molecule has 1 aromatic heterocycles. The Kier molecular flexibility index (Phi) is 4.97. The van der Waals surface area contributed by atoms with Gasteiger partial charge in [0.15, 0.2) is 0 Å². The van der Waals surface area contributed by atoms with Crippen LogP contribution in [0.15, 0.2) is 18.3 Å². The van der Waals surface area contributed by atoms with Crippen molar-refractivity contribution in [2.45, 2.75) is 25.8 Å². The quantitative estimate of drug-likeness (QED) is 0.866. The summed E-state index contributed by atoms with van der Waals surface area (Å²) in [5.74, 6) is -0.218. The van der Waals surface area contributed by atoms with Crippen LogP contribution in [-0.4, -0.2) is 47.6 Å². The number of hydrogen-bond donors (Lipinski definition) is 2. The number of amides is 2. The lowest BCUT2D eigenvalue weighted by Crippen LogP contribution is -2.46. The highest BCUT2D eigenvalue weighted by Gasteiger charge is 2.24. The number of nitrogen functional groups attached to an aromatic ring is 1. The predicted molar refractivity (Wildman–Crippen MR) is 77.7 cm³/mol. The third-order valence-electron chi connectivity index (χ3n) is 3.38. The number of carbonyl (C=O) groups excluding carboxylic acids is 2. The lowest BCUT2D eigenvalue weighted by Gasteiger charge is -2.31. The second-order valence-electron chi connectivity index (χ2n) is 4.91. The third kappa shape index (κ3) is 4.08. The molecule has 2 heterocycles. The van der Waals surface area contributed by atoms with Crippen LogP contribution < -0.4 is 11.1 Å². The van der Waals surface area contributed by atoms with Crippen LogP contribution in [0.1, 0.15) is 30.3 Å². The highest BCUT2D eigenvalue weighted by atomic mass is 16.6. The Morgan fingerprint density at radius 3 is 2.71 bits per heavy atom. The molecule has 2 amide bonds. The van der Waals surface area contributed by atoms with Gasteiger partial charge in [-0.05, 0) is 31.9 Å². The summed E-state index contributed by atoms with van der Waals surface area (Å²) in [7, 11) is 0. The molecule has 1 aliphatic rings. The van der Waals surface area contributed by atoms with E-state index in [0.717, 1.165) is 0 Å². The number of anilines is 1. The maximum atomic E-state index is 12.0. The van der Waals surface area contributed by atoms with E-state index in [1.54, 1.807) is 24.0 Å². The zero-order valence-electron chi connectivity index (χ0n) is 12.0. The number of nitrogens with one attached hydrogen (secondary N) is 1. The highest BCUT2D eigenvalue weighted by molar-refractivity contribution is 5.92. The lowest BCUT2D eigenvalue weighted by atomic mass is 10.1. The zero-order chi connectivity index (χ0) is 15.2. The Hall–Kier alpha value is -2.31. The van der Waals surface area contributed by atoms with Crippen LogP contribution in [0.3, 0.4) is 0 Å². The van der Waals surface area contributed by atoms with Gasteiger partial charge in [0.2, 0.25) is 0 Å². The van der Waals surface area contributed by atoms with E-state index < -0.39 is 0 Å². The maximum Gasteiger partial charge on any atom is 0.409 e. The number of aromatic nitrogens is 1. The number of pyridine rings is 1. The summed E-state index contributed by atoms with van der Waals surface area (Å²) in [6, 6.07) is 3.28. The van der Waals surface area contributed by atoms with Crippen molar-refractivity contribution in [1.82, 2.24) is 15.2 Å². The zero-order valence-corrected chi connectivity index (χ0v) is 12.0. The lowest BCUT2D eigenvalue weighted by molar-refractivity contribution is 0.0856. The molecule has 114 valence electrons. The van der Waals surface area contributed by atoms with E-state index in [4.69, 9.17) is 10.5 Å². The van der Waals surface area contributed by atoms with Gasteiger partial charge in [-0.25, -0.2) is 9.78 Å².